The third kappa shape index (κ3) is 3.65. The van der Waals surface area contributed by atoms with Crippen LogP contribution < -0.4 is 0 Å². The van der Waals surface area contributed by atoms with E-state index in [-0.39, 0.29) is 0 Å². The Hall–Kier alpha value is -1.24. The van der Waals surface area contributed by atoms with Crippen LogP contribution in [0.1, 0.15) is 29.4 Å². The Morgan fingerprint density at radius 1 is 1.45 bits per heavy atom. The molecular weight excluding hydrogens is 274 g/mol. The van der Waals surface area contributed by atoms with Gasteiger partial charge in [0.15, 0.2) is 5.82 Å². The van der Waals surface area contributed by atoms with Gasteiger partial charge >= 0.3 is 0 Å². The quantitative estimate of drug-likeness (QED) is 0.819. The fraction of sp³-hybridized carbons (Fsp3) is 0.571. The molecule has 3 heterocycles. The van der Waals surface area contributed by atoms with Crippen LogP contribution in [-0.4, -0.2) is 34.3 Å². The minimum atomic E-state index is 0.332. The summed E-state index contributed by atoms with van der Waals surface area (Å²) in [5, 5.41) is 5.96. The first-order chi connectivity index (χ1) is 9.79. The Bertz CT molecular complexity index is 520. The van der Waals surface area contributed by atoms with Crippen molar-refractivity contribution >= 4 is 11.3 Å². The topological polar surface area (TPSA) is 51.4 Å². The second-order valence-corrected chi connectivity index (χ2v) is 6.15. The molecule has 0 amide bonds. The summed E-state index contributed by atoms with van der Waals surface area (Å²) in [6.07, 6.45) is 2.64. The van der Waals surface area contributed by atoms with E-state index >= 15 is 0 Å². The third-order valence-corrected chi connectivity index (χ3v) is 4.24. The number of hydrogen-bond acceptors (Lipinski definition) is 6. The Labute approximate surface area is 122 Å². The molecule has 1 aliphatic rings. The Morgan fingerprint density at radius 2 is 2.40 bits per heavy atom. The summed E-state index contributed by atoms with van der Waals surface area (Å²) in [4.78, 5) is 7.97. The maximum Gasteiger partial charge on any atom is 0.240 e. The van der Waals surface area contributed by atoms with Crippen LogP contribution in [0.2, 0.25) is 0 Å². The molecule has 0 radical (unpaired) electrons. The normalized spacial score (nSPS) is 19.0. The number of hydrogen-bond donors (Lipinski definition) is 0. The molecule has 1 fully saturated rings. The van der Waals surface area contributed by atoms with Crippen LogP contribution in [0, 0.1) is 6.92 Å². The average Bonchev–Trinajstić information content (AvgIpc) is 3.13. The lowest BCUT2D eigenvalue weighted by Crippen LogP contribution is -2.31. The van der Waals surface area contributed by atoms with E-state index in [1.807, 2.05) is 6.92 Å². The zero-order valence-electron chi connectivity index (χ0n) is 11.6. The lowest BCUT2D eigenvalue weighted by molar-refractivity contribution is 0.0644. The Morgan fingerprint density at radius 3 is 3.05 bits per heavy atom. The summed E-state index contributed by atoms with van der Waals surface area (Å²) < 4.78 is 11.0. The molecule has 1 atom stereocenters. The zero-order chi connectivity index (χ0) is 13.8. The summed E-state index contributed by atoms with van der Waals surface area (Å²) in [7, 11) is 0. The van der Waals surface area contributed by atoms with E-state index in [0.717, 1.165) is 32.5 Å². The number of aromatic nitrogens is 2. The molecule has 20 heavy (non-hydrogen) atoms. The van der Waals surface area contributed by atoms with Crippen LogP contribution in [0.3, 0.4) is 0 Å². The first-order valence-corrected chi connectivity index (χ1v) is 7.83. The number of rotatable bonds is 6. The molecule has 0 aliphatic carbocycles. The molecule has 1 aliphatic heterocycles. The second kappa shape index (κ2) is 6.47. The molecular formula is C14H19N3O2S. The summed E-state index contributed by atoms with van der Waals surface area (Å²) in [5.41, 5.74) is 0. The van der Waals surface area contributed by atoms with Crippen LogP contribution >= 0.6 is 11.3 Å². The molecule has 6 heteroatoms. The molecule has 1 saturated heterocycles. The Balaban J connectivity index is 1.65. The van der Waals surface area contributed by atoms with Gasteiger partial charge in [0.05, 0.1) is 12.6 Å². The van der Waals surface area contributed by atoms with Crippen molar-refractivity contribution in [3.8, 4) is 0 Å². The summed E-state index contributed by atoms with van der Waals surface area (Å²) in [5.74, 6) is 1.37. The first-order valence-electron chi connectivity index (χ1n) is 6.95. The van der Waals surface area contributed by atoms with Crippen molar-refractivity contribution < 1.29 is 9.26 Å². The van der Waals surface area contributed by atoms with Crippen molar-refractivity contribution in [3.63, 3.8) is 0 Å². The number of ether oxygens (including phenoxy) is 1. The maximum atomic E-state index is 5.74. The molecule has 5 nitrogen and oxygen atoms in total. The van der Waals surface area contributed by atoms with Crippen molar-refractivity contribution in [2.24, 2.45) is 0 Å². The minimum absolute atomic E-state index is 0.332. The fourth-order valence-electron chi connectivity index (χ4n) is 2.48. The molecule has 0 unspecified atom stereocenters. The molecule has 0 spiro atoms. The highest BCUT2D eigenvalue weighted by molar-refractivity contribution is 7.09. The van der Waals surface area contributed by atoms with Gasteiger partial charge < -0.3 is 9.26 Å². The summed E-state index contributed by atoms with van der Waals surface area (Å²) in [6.45, 7) is 5.23. The van der Waals surface area contributed by atoms with Gasteiger partial charge in [0, 0.05) is 24.6 Å². The van der Waals surface area contributed by atoms with E-state index in [1.54, 1.807) is 11.3 Å². The summed E-state index contributed by atoms with van der Waals surface area (Å²) >= 11 is 1.78. The molecule has 0 aromatic carbocycles. The monoisotopic (exact) mass is 293 g/mol. The number of aryl methyl sites for hydroxylation is 1. The second-order valence-electron chi connectivity index (χ2n) is 5.12. The maximum absolute atomic E-state index is 5.74. The molecule has 108 valence electrons. The van der Waals surface area contributed by atoms with Gasteiger partial charge in [-0.25, -0.2) is 0 Å². The van der Waals surface area contributed by atoms with E-state index < -0.39 is 0 Å². The van der Waals surface area contributed by atoms with Crippen LogP contribution in [-0.2, 0) is 17.8 Å². The van der Waals surface area contributed by atoms with E-state index in [1.165, 1.54) is 4.88 Å². The number of thiophene rings is 1. The molecule has 0 N–H and O–H groups in total. The van der Waals surface area contributed by atoms with Crippen molar-refractivity contribution in [2.45, 2.75) is 39.0 Å². The van der Waals surface area contributed by atoms with Crippen LogP contribution in [0.25, 0.3) is 0 Å². The molecule has 0 saturated carbocycles. The van der Waals surface area contributed by atoms with E-state index in [4.69, 9.17) is 9.26 Å². The standard InChI is InChI=1S/C14H19N3O2S/c1-11-15-14(19-16-11)10-17(8-12-4-2-6-18-12)9-13-5-3-7-20-13/h3,5,7,12H,2,4,6,8-10H2,1H3/t12-/m0/s1. The first kappa shape index (κ1) is 13.7. The van der Waals surface area contributed by atoms with Crippen LogP contribution in [0.15, 0.2) is 22.0 Å². The van der Waals surface area contributed by atoms with Crippen LogP contribution in [0.5, 0.6) is 0 Å². The molecule has 2 aromatic heterocycles. The average molecular weight is 293 g/mol. The molecule has 0 bridgehead atoms. The van der Waals surface area contributed by atoms with Crippen molar-refractivity contribution in [2.75, 3.05) is 13.2 Å². The van der Waals surface area contributed by atoms with Gasteiger partial charge in [-0.15, -0.1) is 11.3 Å². The highest BCUT2D eigenvalue weighted by Gasteiger charge is 2.21. The largest absolute Gasteiger partial charge is 0.377 e. The predicted molar refractivity (Wildman–Crippen MR) is 76.4 cm³/mol. The molecule has 3 rings (SSSR count). The fourth-order valence-corrected chi connectivity index (χ4v) is 3.23. The van der Waals surface area contributed by atoms with E-state index in [2.05, 4.69) is 32.6 Å². The lowest BCUT2D eigenvalue weighted by Gasteiger charge is -2.23. The van der Waals surface area contributed by atoms with E-state index in [0.29, 0.717) is 24.4 Å². The smallest absolute Gasteiger partial charge is 0.240 e. The molecule has 2 aromatic rings. The van der Waals surface area contributed by atoms with Gasteiger partial charge in [-0.05, 0) is 31.2 Å². The third-order valence-electron chi connectivity index (χ3n) is 3.37. The van der Waals surface area contributed by atoms with Crippen molar-refractivity contribution in [3.05, 3.63) is 34.1 Å². The van der Waals surface area contributed by atoms with Gasteiger partial charge in [-0.1, -0.05) is 11.2 Å². The minimum Gasteiger partial charge on any atom is -0.377 e. The highest BCUT2D eigenvalue weighted by atomic mass is 32.1. The Kier molecular flexibility index (Phi) is 4.44. The highest BCUT2D eigenvalue weighted by Crippen LogP contribution is 2.18. The summed E-state index contributed by atoms with van der Waals surface area (Å²) in [6, 6.07) is 4.24. The zero-order valence-corrected chi connectivity index (χ0v) is 12.4. The lowest BCUT2D eigenvalue weighted by atomic mass is 10.2. The van der Waals surface area contributed by atoms with Crippen LogP contribution in [0.4, 0.5) is 0 Å². The van der Waals surface area contributed by atoms with Crippen molar-refractivity contribution in [1.29, 1.82) is 0 Å². The predicted octanol–water partition coefficient (Wildman–Crippen LogP) is 2.62. The van der Waals surface area contributed by atoms with E-state index in [9.17, 15) is 0 Å². The van der Waals surface area contributed by atoms with Gasteiger partial charge in [-0.2, -0.15) is 4.98 Å². The SMILES string of the molecule is Cc1noc(CN(Cc2cccs2)C[C@@H]2CCCO2)n1. The number of nitrogens with zero attached hydrogens (tertiary/aromatic N) is 3. The van der Waals surface area contributed by atoms with Crippen molar-refractivity contribution in [1.82, 2.24) is 15.0 Å². The van der Waals surface area contributed by atoms with Gasteiger partial charge in [0.1, 0.15) is 0 Å². The van der Waals surface area contributed by atoms with Gasteiger partial charge in [-0.3, -0.25) is 4.90 Å². The van der Waals surface area contributed by atoms with Gasteiger partial charge in [0.25, 0.3) is 0 Å². The van der Waals surface area contributed by atoms with Gasteiger partial charge in [0.2, 0.25) is 5.89 Å².